The van der Waals surface area contributed by atoms with Gasteiger partial charge in [-0.15, -0.1) is 0 Å². The van der Waals surface area contributed by atoms with E-state index in [1.54, 1.807) is 0 Å². The van der Waals surface area contributed by atoms with Crippen LogP contribution in [0.4, 0.5) is 5.69 Å². The SMILES string of the molecule is O=C(O)CC1(O)CCN(c2ccccc2Br)C1. The maximum Gasteiger partial charge on any atom is 0.306 e. The average molecular weight is 300 g/mol. The number of halogens is 1. The highest BCUT2D eigenvalue weighted by molar-refractivity contribution is 9.10. The van der Waals surface area contributed by atoms with Gasteiger partial charge in [-0.1, -0.05) is 12.1 Å². The summed E-state index contributed by atoms with van der Waals surface area (Å²) in [6.45, 7) is 1.04. The van der Waals surface area contributed by atoms with E-state index in [2.05, 4.69) is 15.9 Å². The summed E-state index contributed by atoms with van der Waals surface area (Å²) in [6.07, 6.45) is 0.286. The van der Waals surface area contributed by atoms with E-state index in [0.717, 1.165) is 10.2 Å². The van der Waals surface area contributed by atoms with Gasteiger partial charge < -0.3 is 15.1 Å². The second-order valence-electron chi connectivity index (χ2n) is 4.42. The third kappa shape index (κ3) is 2.79. The third-order valence-corrected chi connectivity index (χ3v) is 3.68. The lowest BCUT2D eigenvalue weighted by Crippen LogP contribution is -2.35. The molecule has 0 radical (unpaired) electrons. The van der Waals surface area contributed by atoms with Crippen molar-refractivity contribution in [2.24, 2.45) is 0 Å². The van der Waals surface area contributed by atoms with Gasteiger partial charge in [-0.05, 0) is 34.5 Å². The summed E-state index contributed by atoms with van der Waals surface area (Å²) < 4.78 is 0.958. The number of aliphatic hydroxyl groups is 1. The minimum Gasteiger partial charge on any atom is -0.481 e. The van der Waals surface area contributed by atoms with Crippen molar-refractivity contribution in [2.45, 2.75) is 18.4 Å². The van der Waals surface area contributed by atoms with Crippen LogP contribution in [0.5, 0.6) is 0 Å². The summed E-state index contributed by atoms with van der Waals surface area (Å²) in [5.41, 5.74) is -0.116. The molecule has 1 saturated heterocycles. The topological polar surface area (TPSA) is 60.8 Å². The van der Waals surface area contributed by atoms with E-state index in [-0.39, 0.29) is 6.42 Å². The zero-order valence-electron chi connectivity index (χ0n) is 9.27. The predicted molar refractivity (Wildman–Crippen MR) is 68.2 cm³/mol. The molecule has 1 fully saturated rings. The first kappa shape index (κ1) is 12.4. The molecule has 17 heavy (non-hydrogen) atoms. The van der Waals surface area contributed by atoms with Gasteiger partial charge in [0, 0.05) is 17.6 Å². The number of carboxylic acid groups (broad SMARTS) is 1. The molecule has 1 aromatic rings. The molecule has 1 aromatic carbocycles. The van der Waals surface area contributed by atoms with Crippen LogP contribution in [-0.4, -0.2) is 34.9 Å². The van der Waals surface area contributed by atoms with E-state index in [1.807, 2.05) is 29.2 Å². The van der Waals surface area contributed by atoms with Crippen molar-refractivity contribution in [3.63, 3.8) is 0 Å². The molecule has 1 aliphatic rings. The normalized spacial score (nSPS) is 24.0. The molecule has 2 rings (SSSR count). The lowest BCUT2D eigenvalue weighted by Gasteiger charge is -2.23. The fourth-order valence-electron chi connectivity index (χ4n) is 2.20. The summed E-state index contributed by atoms with van der Waals surface area (Å²) in [5, 5.41) is 18.9. The van der Waals surface area contributed by atoms with Crippen LogP contribution < -0.4 is 4.90 Å². The molecule has 0 spiro atoms. The van der Waals surface area contributed by atoms with Crippen molar-refractivity contribution in [2.75, 3.05) is 18.0 Å². The number of benzene rings is 1. The Balaban J connectivity index is 2.13. The van der Waals surface area contributed by atoms with E-state index < -0.39 is 11.6 Å². The average Bonchev–Trinajstić information content (AvgIpc) is 2.60. The van der Waals surface area contributed by atoms with E-state index >= 15 is 0 Å². The Kier molecular flexibility index (Phi) is 3.40. The van der Waals surface area contributed by atoms with E-state index in [1.165, 1.54) is 0 Å². The number of hydrogen-bond acceptors (Lipinski definition) is 3. The van der Waals surface area contributed by atoms with Gasteiger partial charge >= 0.3 is 5.97 Å². The van der Waals surface area contributed by atoms with Crippen molar-refractivity contribution in [3.05, 3.63) is 28.7 Å². The van der Waals surface area contributed by atoms with Crippen LogP contribution in [0.3, 0.4) is 0 Å². The monoisotopic (exact) mass is 299 g/mol. The van der Waals surface area contributed by atoms with Gasteiger partial charge in [0.05, 0.1) is 17.7 Å². The number of carboxylic acids is 1. The zero-order valence-corrected chi connectivity index (χ0v) is 10.9. The Morgan fingerprint density at radius 1 is 1.47 bits per heavy atom. The second kappa shape index (κ2) is 4.66. The van der Waals surface area contributed by atoms with Crippen molar-refractivity contribution >= 4 is 27.6 Å². The summed E-state index contributed by atoms with van der Waals surface area (Å²) in [7, 11) is 0. The van der Waals surface area contributed by atoms with Gasteiger partial charge in [0.15, 0.2) is 0 Å². The number of β-amino-alcohol motifs (C(OH)–C–C–N with tert-alkyl or cyclic N) is 1. The molecule has 4 nitrogen and oxygen atoms in total. The highest BCUT2D eigenvalue weighted by Crippen LogP contribution is 2.33. The van der Waals surface area contributed by atoms with Crippen LogP contribution in [0.25, 0.3) is 0 Å². The molecule has 1 aliphatic heterocycles. The van der Waals surface area contributed by atoms with Crippen molar-refractivity contribution < 1.29 is 15.0 Å². The number of hydrogen-bond donors (Lipinski definition) is 2. The first-order chi connectivity index (χ1) is 8.00. The maximum atomic E-state index is 10.7. The van der Waals surface area contributed by atoms with Crippen molar-refractivity contribution in [3.8, 4) is 0 Å². The Hall–Kier alpha value is -1.07. The number of aliphatic carboxylic acids is 1. The molecule has 0 bridgehead atoms. The standard InChI is InChI=1S/C12H14BrNO3/c13-9-3-1-2-4-10(9)14-6-5-12(17,8-14)7-11(15)16/h1-4,17H,5-8H2,(H,15,16). The predicted octanol–water partition coefficient (Wildman–Crippen LogP) is 1.87. The molecule has 1 unspecified atom stereocenters. The number of anilines is 1. The molecule has 0 aliphatic carbocycles. The van der Waals surface area contributed by atoms with E-state index in [4.69, 9.17) is 5.11 Å². The second-order valence-corrected chi connectivity index (χ2v) is 5.27. The van der Waals surface area contributed by atoms with Crippen LogP contribution in [0, 0.1) is 0 Å². The summed E-state index contributed by atoms with van der Waals surface area (Å²) >= 11 is 3.46. The van der Waals surface area contributed by atoms with Crippen LogP contribution in [0.2, 0.25) is 0 Å². The van der Waals surface area contributed by atoms with Gasteiger partial charge in [0.1, 0.15) is 0 Å². The largest absolute Gasteiger partial charge is 0.481 e. The Bertz CT molecular complexity index is 438. The number of rotatable bonds is 3. The first-order valence-corrected chi connectivity index (χ1v) is 6.23. The summed E-state index contributed by atoms with van der Waals surface area (Å²) in [6, 6.07) is 7.74. The van der Waals surface area contributed by atoms with Gasteiger partial charge in [0.25, 0.3) is 0 Å². The van der Waals surface area contributed by atoms with Gasteiger partial charge in [0.2, 0.25) is 0 Å². The van der Waals surface area contributed by atoms with E-state index in [0.29, 0.717) is 19.5 Å². The Labute approximate surface area is 108 Å². The fraction of sp³-hybridized carbons (Fsp3) is 0.417. The molecule has 0 amide bonds. The number of para-hydroxylation sites is 1. The zero-order chi connectivity index (χ0) is 12.5. The lowest BCUT2D eigenvalue weighted by atomic mass is 9.99. The molecular formula is C12H14BrNO3. The summed E-state index contributed by atoms with van der Waals surface area (Å²) in [4.78, 5) is 12.7. The third-order valence-electron chi connectivity index (χ3n) is 3.01. The van der Waals surface area contributed by atoms with Crippen LogP contribution >= 0.6 is 15.9 Å². The minimum absolute atomic E-state index is 0.200. The molecule has 2 N–H and O–H groups in total. The van der Waals surface area contributed by atoms with Gasteiger partial charge in [-0.2, -0.15) is 0 Å². The molecule has 1 heterocycles. The molecule has 5 heteroatoms. The highest BCUT2D eigenvalue weighted by Gasteiger charge is 2.38. The smallest absolute Gasteiger partial charge is 0.306 e. The lowest BCUT2D eigenvalue weighted by molar-refractivity contribution is -0.141. The van der Waals surface area contributed by atoms with Crippen molar-refractivity contribution in [1.29, 1.82) is 0 Å². The van der Waals surface area contributed by atoms with Crippen LogP contribution in [-0.2, 0) is 4.79 Å². The van der Waals surface area contributed by atoms with E-state index in [9.17, 15) is 9.90 Å². The Morgan fingerprint density at radius 3 is 2.82 bits per heavy atom. The molecule has 0 aromatic heterocycles. The minimum atomic E-state index is -1.11. The van der Waals surface area contributed by atoms with Gasteiger partial charge in [-0.3, -0.25) is 4.79 Å². The molecule has 92 valence electrons. The quantitative estimate of drug-likeness (QED) is 0.894. The molecule has 1 atom stereocenters. The van der Waals surface area contributed by atoms with Crippen LogP contribution in [0.1, 0.15) is 12.8 Å². The molecular weight excluding hydrogens is 286 g/mol. The van der Waals surface area contributed by atoms with Crippen LogP contribution in [0.15, 0.2) is 28.7 Å². The summed E-state index contributed by atoms with van der Waals surface area (Å²) in [5.74, 6) is -0.957. The first-order valence-electron chi connectivity index (χ1n) is 5.44. The Morgan fingerprint density at radius 2 is 2.18 bits per heavy atom. The van der Waals surface area contributed by atoms with Gasteiger partial charge in [-0.25, -0.2) is 0 Å². The molecule has 0 saturated carbocycles. The highest BCUT2D eigenvalue weighted by atomic mass is 79.9. The van der Waals surface area contributed by atoms with Crippen molar-refractivity contribution in [1.82, 2.24) is 0 Å². The fourth-order valence-corrected chi connectivity index (χ4v) is 2.73. The number of carbonyl (C=O) groups is 1. The number of nitrogens with zero attached hydrogens (tertiary/aromatic N) is 1. The maximum absolute atomic E-state index is 10.7.